The Bertz CT molecular complexity index is 1540. The lowest BCUT2D eigenvalue weighted by Gasteiger charge is -2.15. The number of carbonyl (C=O) groups is 4. The average Bonchev–Trinajstić information content (AvgIpc) is 3.13. The molecule has 0 fully saturated rings. The summed E-state index contributed by atoms with van der Waals surface area (Å²) in [6.07, 6.45) is 0. The molecule has 0 bridgehead atoms. The molecule has 1 aromatic heterocycles. The summed E-state index contributed by atoms with van der Waals surface area (Å²) in [5, 5.41) is 0.596. The number of hydrogen-bond donors (Lipinski definition) is 0. The molecule has 1 aliphatic rings. The number of pyridine rings is 1. The third kappa shape index (κ3) is 3.87. The standard InChI is InChI=1S/C28H20N2O5/c1-16-10-12-18(13-11-16)23(31)15-35-28(34)19-6-5-7-20(14-19)30-26(32)24-17(2)29-22-9-4-3-8-21(22)25(24)27(30)33/h3-14H,15H2,1-2H3. The molecular weight excluding hydrogens is 444 g/mol. The summed E-state index contributed by atoms with van der Waals surface area (Å²) in [7, 11) is 0. The van der Waals surface area contributed by atoms with E-state index in [1.807, 2.05) is 13.0 Å². The summed E-state index contributed by atoms with van der Waals surface area (Å²) < 4.78 is 5.20. The van der Waals surface area contributed by atoms with Gasteiger partial charge in [0.05, 0.1) is 33.6 Å². The molecule has 2 heterocycles. The fourth-order valence-electron chi connectivity index (χ4n) is 4.18. The zero-order valence-electron chi connectivity index (χ0n) is 19.1. The minimum absolute atomic E-state index is 0.121. The lowest BCUT2D eigenvalue weighted by molar-refractivity contribution is 0.0474. The number of aryl methyl sites for hydroxylation is 2. The van der Waals surface area contributed by atoms with E-state index in [0.29, 0.717) is 27.7 Å². The van der Waals surface area contributed by atoms with Gasteiger partial charge in [-0.1, -0.05) is 54.1 Å². The second-order valence-corrected chi connectivity index (χ2v) is 8.33. The molecule has 0 saturated carbocycles. The maximum atomic E-state index is 13.4. The summed E-state index contributed by atoms with van der Waals surface area (Å²) in [5.41, 5.74) is 3.46. The number of ketones is 1. The van der Waals surface area contributed by atoms with Crippen molar-refractivity contribution in [3.05, 3.63) is 106 Å². The zero-order chi connectivity index (χ0) is 24.7. The van der Waals surface area contributed by atoms with Crippen molar-refractivity contribution < 1.29 is 23.9 Å². The molecule has 0 radical (unpaired) electrons. The highest BCUT2D eigenvalue weighted by Crippen LogP contribution is 2.34. The molecule has 172 valence electrons. The van der Waals surface area contributed by atoms with Crippen molar-refractivity contribution in [2.45, 2.75) is 13.8 Å². The van der Waals surface area contributed by atoms with Gasteiger partial charge in [-0.15, -0.1) is 0 Å². The average molecular weight is 464 g/mol. The minimum atomic E-state index is -0.729. The summed E-state index contributed by atoms with van der Waals surface area (Å²) >= 11 is 0. The first-order chi connectivity index (χ1) is 16.8. The number of anilines is 1. The molecule has 0 atom stereocenters. The molecular formula is C28H20N2O5. The van der Waals surface area contributed by atoms with Crippen molar-refractivity contribution >= 4 is 40.2 Å². The van der Waals surface area contributed by atoms with Gasteiger partial charge in [-0.3, -0.25) is 19.4 Å². The van der Waals surface area contributed by atoms with Gasteiger partial charge in [-0.2, -0.15) is 0 Å². The Morgan fingerprint density at radius 2 is 1.54 bits per heavy atom. The fraction of sp³-hybridized carbons (Fsp3) is 0.107. The molecule has 2 amide bonds. The molecule has 5 rings (SSSR count). The van der Waals surface area contributed by atoms with Crippen molar-refractivity contribution in [2.24, 2.45) is 0 Å². The largest absolute Gasteiger partial charge is 0.454 e. The predicted molar refractivity (Wildman–Crippen MR) is 130 cm³/mol. The maximum absolute atomic E-state index is 13.4. The van der Waals surface area contributed by atoms with Gasteiger partial charge in [0.1, 0.15) is 0 Å². The Morgan fingerprint density at radius 1 is 0.829 bits per heavy atom. The number of amides is 2. The molecule has 0 saturated heterocycles. The van der Waals surface area contributed by atoms with Gasteiger partial charge in [0, 0.05) is 10.9 Å². The smallest absolute Gasteiger partial charge is 0.338 e. The highest BCUT2D eigenvalue weighted by molar-refractivity contribution is 6.37. The number of carbonyl (C=O) groups excluding carboxylic acids is 4. The van der Waals surface area contributed by atoms with Crippen LogP contribution in [0.25, 0.3) is 10.9 Å². The van der Waals surface area contributed by atoms with Crippen molar-refractivity contribution in [3.8, 4) is 0 Å². The van der Waals surface area contributed by atoms with E-state index in [0.717, 1.165) is 10.5 Å². The Kier molecular flexibility index (Phi) is 5.45. The van der Waals surface area contributed by atoms with E-state index >= 15 is 0 Å². The number of para-hydroxylation sites is 1. The molecule has 35 heavy (non-hydrogen) atoms. The molecule has 1 aliphatic heterocycles. The van der Waals surface area contributed by atoms with E-state index in [1.165, 1.54) is 12.1 Å². The number of rotatable bonds is 5. The van der Waals surface area contributed by atoms with E-state index in [9.17, 15) is 19.2 Å². The van der Waals surface area contributed by atoms with E-state index in [4.69, 9.17) is 4.74 Å². The van der Waals surface area contributed by atoms with Gasteiger partial charge >= 0.3 is 5.97 Å². The van der Waals surface area contributed by atoms with Gasteiger partial charge in [0.15, 0.2) is 12.4 Å². The Balaban J connectivity index is 1.40. The predicted octanol–water partition coefficient (Wildman–Crippen LogP) is 4.69. The molecule has 0 spiro atoms. The number of fused-ring (bicyclic) bond motifs is 3. The normalized spacial score (nSPS) is 12.7. The van der Waals surface area contributed by atoms with Crippen LogP contribution >= 0.6 is 0 Å². The summed E-state index contributed by atoms with van der Waals surface area (Å²) in [6, 6.07) is 20.2. The van der Waals surface area contributed by atoms with Crippen LogP contribution in [0.4, 0.5) is 5.69 Å². The highest BCUT2D eigenvalue weighted by atomic mass is 16.5. The van der Waals surface area contributed by atoms with Gasteiger partial charge in [-0.05, 0) is 38.1 Å². The monoisotopic (exact) mass is 464 g/mol. The van der Waals surface area contributed by atoms with Gasteiger partial charge < -0.3 is 4.74 Å². The summed E-state index contributed by atoms with van der Waals surface area (Å²) in [6.45, 7) is 3.19. The van der Waals surface area contributed by atoms with Crippen LogP contribution in [0.5, 0.6) is 0 Å². The van der Waals surface area contributed by atoms with Crippen LogP contribution in [0, 0.1) is 13.8 Å². The molecule has 3 aromatic carbocycles. The van der Waals surface area contributed by atoms with Crippen LogP contribution in [0.3, 0.4) is 0 Å². The third-order valence-electron chi connectivity index (χ3n) is 5.96. The fourth-order valence-corrected chi connectivity index (χ4v) is 4.18. The van der Waals surface area contributed by atoms with Gasteiger partial charge in [0.25, 0.3) is 11.8 Å². The summed E-state index contributed by atoms with van der Waals surface area (Å²) in [4.78, 5) is 57.1. The van der Waals surface area contributed by atoms with Crippen LogP contribution in [0.2, 0.25) is 0 Å². The second kappa shape index (κ2) is 8.61. The SMILES string of the molecule is Cc1ccc(C(=O)COC(=O)c2cccc(N3C(=O)c4c(C)nc5ccccc5c4C3=O)c2)cc1. The quantitative estimate of drug-likeness (QED) is 0.242. The molecule has 7 nitrogen and oxygen atoms in total. The van der Waals surface area contributed by atoms with Crippen LogP contribution in [0.15, 0.2) is 72.8 Å². The summed E-state index contributed by atoms with van der Waals surface area (Å²) in [5.74, 6) is -2.04. The second-order valence-electron chi connectivity index (χ2n) is 8.33. The lowest BCUT2D eigenvalue weighted by Crippen LogP contribution is -2.29. The van der Waals surface area contributed by atoms with Crippen LogP contribution in [0.1, 0.15) is 52.7 Å². The van der Waals surface area contributed by atoms with E-state index in [1.54, 1.807) is 61.5 Å². The van der Waals surface area contributed by atoms with Gasteiger partial charge in [0.2, 0.25) is 0 Å². The molecule has 0 unspecified atom stereocenters. The molecule has 4 aromatic rings. The van der Waals surface area contributed by atoms with E-state index in [2.05, 4.69) is 4.98 Å². The first-order valence-electron chi connectivity index (χ1n) is 11.0. The number of esters is 1. The van der Waals surface area contributed by atoms with Crippen LogP contribution in [-0.2, 0) is 4.74 Å². The van der Waals surface area contributed by atoms with Crippen molar-refractivity contribution in [2.75, 3.05) is 11.5 Å². The molecule has 7 heteroatoms. The van der Waals surface area contributed by atoms with E-state index in [-0.39, 0.29) is 22.6 Å². The van der Waals surface area contributed by atoms with Crippen molar-refractivity contribution in [3.63, 3.8) is 0 Å². The number of aromatic nitrogens is 1. The molecule has 0 N–H and O–H groups in total. The number of benzene rings is 3. The van der Waals surface area contributed by atoms with Gasteiger partial charge in [-0.25, -0.2) is 9.69 Å². The van der Waals surface area contributed by atoms with Crippen molar-refractivity contribution in [1.82, 2.24) is 4.98 Å². The Morgan fingerprint density at radius 3 is 2.31 bits per heavy atom. The highest BCUT2D eigenvalue weighted by Gasteiger charge is 2.40. The topological polar surface area (TPSA) is 93.6 Å². The van der Waals surface area contributed by atoms with Crippen LogP contribution in [-0.4, -0.2) is 35.2 Å². The Labute approximate surface area is 201 Å². The number of Topliss-reactive ketones (excluding diaryl/α,β-unsaturated/α-hetero) is 1. The zero-order valence-corrected chi connectivity index (χ0v) is 19.1. The van der Waals surface area contributed by atoms with E-state index < -0.39 is 24.4 Å². The minimum Gasteiger partial charge on any atom is -0.454 e. The first-order valence-corrected chi connectivity index (χ1v) is 11.0. The maximum Gasteiger partial charge on any atom is 0.338 e. The Hall–Kier alpha value is -4.65. The molecule has 0 aliphatic carbocycles. The first kappa shape index (κ1) is 22.2. The van der Waals surface area contributed by atoms with Crippen LogP contribution < -0.4 is 4.90 Å². The number of nitrogens with zero attached hydrogens (tertiary/aromatic N) is 2. The lowest BCUT2D eigenvalue weighted by atomic mass is 10.0. The number of ether oxygens (including phenoxy) is 1. The number of hydrogen-bond acceptors (Lipinski definition) is 6. The third-order valence-corrected chi connectivity index (χ3v) is 5.96. The van der Waals surface area contributed by atoms with Crippen molar-refractivity contribution in [1.29, 1.82) is 0 Å². The number of imide groups is 1.